The molecule has 3 rings (SSSR count). The molecular formula is C18H12Te. The summed E-state index contributed by atoms with van der Waals surface area (Å²) in [6.45, 7) is 0. The monoisotopic (exact) mass is 358 g/mol. The van der Waals surface area contributed by atoms with Crippen molar-refractivity contribution < 1.29 is 0 Å². The molecule has 0 fully saturated rings. The summed E-state index contributed by atoms with van der Waals surface area (Å²) >= 11 is -0.309. The third kappa shape index (κ3) is 3.18. The second-order valence-corrected chi connectivity index (χ2v) is 7.24. The summed E-state index contributed by atoms with van der Waals surface area (Å²) in [5.41, 5.74) is 2.43. The zero-order chi connectivity index (χ0) is 12.9. The molecule has 3 aromatic rings. The molecule has 19 heavy (non-hydrogen) atoms. The molecule has 0 aliphatic carbocycles. The van der Waals surface area contributed by atoms with E-state index >= 15 is 0 Å². The first kappa shape index (κ1) is 12.3. The van der Waals surface area contributed by atoms with Crippen LogP contribution in [0.5, 0.6) is 0 Å². The first-order chi connectivity index (χ1) is 9.42. The Morgan fingerprint density at radius 2 is 1.32 bits per heavy atom. The van der Waals surface area contributed by atoms with Gasteiger partial charge in [-0.05, 0) is 0 Å². The standard InChI is InChI=1S/C18H12Te/c1-3-7-15(8-4-1)11-12-17-13-14-18(19-17)16-9-5-2-6-10-16/h1-10,13-14H. The van der Waals surface area contributed by atoms with Crippen LogP contribution in [0.25, 0.3) is 9.14 Å². The minimum atomic E-state index is -0.309. The van der Waals surface area contributed by atoms with Crippen molar-refractivity contribution in [3.63, 3.8) is 0 Å². The van der Waals surface area contributed by atoms with Crippen LogP contribution in [0.4, 0.5) is 0 Å². The first-order valence-corrected chi connectivity index (χ1v) is 8.47. The summed E-state index contributed by atoms with van der Waals surface area (Å²) < 4.78 is 2.79. The van der Waals surface area contributed by atoms with Gasteiger partial charge in [0.15, 0.2) is 0 Å². The molecule has 1 aromatic heterocycles. The number of hydrogen-bond acceptors (Lipinski definition) is 0. The van der Waals surface area contributed by atoms with Gasteiger partial charge in [-0.2, -0.15) is 0 Å². The van der Waals surface area contributed by atoms with Crippen molar-refractivity contribution in [2.24, 2.45) is 0 Å². The minimum absolute atomic E-state index is 0.309. The van der Waals surface area contributed by atoms with Crippen LogP contribution in [-0.2, 0) is 0 Å². The molecule has 0 bridgehead atoms. The van der Waals surface area contributed by atoms with Gasteiger partial charge in [0.1, 0.15) is 0 Å². The van der Waals surface area contributed by atoms with Crippen LogP contribution in [0.1, 0.15) is 9.14 Å². The zero-order valence-corrected chi connectivity index (χ0v) is 12.7. The van der Waals surface area contributed by atoms with E-state index in [-0.39, 0.29) is 20.4 Å². The van der Waals surface area contributed by atoms with Gasteiger partial charge in [-0.25, -0.2) is 0 Å². The normalized spacial score (nSPS) is 9.68. The summed E-state index contributed by atoms with van der Waals surface area (Å²) in [6, 6.07) is 25.2. The average molecular weight is 356 g/mol. The van der Waals surface area contributed by atoms with Crippen LogP contribution in [0.15, 0.2) is 72.8 Å². The Kier molecular flexibility index (Phi) is 3.85. The van der Waals surface area contributed by atoms with Crippen LogP contribution < -0.4 is 0 Å². The number of hydrogen-bond donors (Lipinski definition) is 0. The van der Waals surface area contributed by atoms with Gasteiger partial charge < -0.3 is 0 Å². The first-order valence-electron chi connectivity index (χ1n) is 6.14. The van der Waals surface area contributed by atoms with Gasteiger partial charge in [0.2, 0.25) is 0 Å². The molecule has 0 aliphatic heterocycles. The Morgan fingerprint density at radius 3 is 2.05 bits per heavy atom. The van der Waals surface area contributed by atoms with Crippen molar-refractivity contribution in [1.82, 2.24) is 0 Å². The summed E-state index contributed by atoms with van der Waals surface area (Å²) in [4.78, 5) is 0. The average Bonchev–Trinajstić information content (AvgIpc) is 2.96. The van der Waals surface area contributed by atoms with E-state index in [2.05, 4.69) is 66.4 Å². The van der Waals surface area contributed by atoms with Crippen LogP contribution in [0, 0.1) is 11.8 Å². The fourth-order valence-corrected chi connectivity index (χ4v) is 4.29. The van der Waals surface area contributed by atoms with Crippen LogP contribution in [0.2, 0.25) is 0 Å². The van der Waals surface area contributed by atoms with Gasteiger partial charge in [0.05, 0.1) is 0 Å². The van der Waals surface area contributed by atoms with Gasteiger partial charge in [-0.1, -0.05) is 0 Å². The maximum absolute atomic E-state index is 3.31. The fraction of sp³-hybridized carbons (Fsp3) is 0. The molecule has 0 atom stereocenters. The SMILES string of the molecule is C(#Cc1ccc(-c2ccccc2)[te]1)c1ccccc1. The summed E-state index contributed by atoms with van der Waals surface area (Å²) in [6.07, 6.45) is 0. The molecule has 0 N–H and O–H groups in total. The van der Waals surface area contributed by atoms with Gasteiger partial charge in [0.25, 0.3) is 0 Å². The van der Waals surface area contributed by atoms with E-state index in [9.17, 15) is 0 Å². The molecular weight excluding hydrogens is 344 g/mol. The molecule has 0 spiro atoms. The van der Waals surface area contributed by atoms with Crippen molar-refractivity contribution >= 4 is 20.4 Å². The molecule has 1 heterocycles. The Labute approximate surface area is 123 Å². The Bertz CT molecular complexity index is 712. The van der Waals surface area contributed by atoms with E-state index in [1.54, 1.807) is 0 Å². The third-order valence-electron chi connectivity index (χ3n) is 2.77. The van der Waals surface area contributed by atoms with E-state index in [1.165, 1.54) is 12.7 Å². The molecule has 0 saturated carbocycles. The van der Waals surface area contributed by atoms with E-state index < -0.39 is 0 Å². The van der Waals surface area contributed by atoms with Gasteiger partial charge in [-0.3, -0.25) is 0 Å². The summed E-state index contributed by atoms with van der Waals surface area (Å²) in [5.74, 6) is 6.55. The van der Waals surface area contributed by atoms with E-state index in [0.717, 1.165) is 5.56 Å². The second kappa shape index (κ2) is 5.94. The molecule has 0 nitrogen and oxygen atoms in total. The Morgan fingerprint density at radius 1 is 0.632 bits per heavy atom. The van der Waals surface area contributed by atoms with E-state index in [1.807, 2.05) is 18.2 Å². The molecule has 0 amide bonds. The molecule has 2 aromatic carbocycles. The van der Waals surface area contributed by atoms with Crippen molar-refractivity contribution in [1.29, 1.82) is 0 Å². The van der Waals surface area contributed by atoms with Crippen LogP contribution in [-0.4, -0.2) is 20.4 Å². The van der Waals surface area contributed by atoms with Crippen molar-refractivity contribution in [2.75, 3.05) is 0 Å². The topological polar surface area (TPSA) is 0 Å². The summed E-state index contributed by atoms with van der Waals surface area (Å²) in [7, 11) is 0. The fourth-order valence-electron chi connectivity index (χ4n) is 1.82. The predicted molar refractivity (Wildman–Crippen MR) is 81.2 cm³/mol. The molecule has 90 valence electrons. The Hall–Kier alpha value is -1.73. The third-order valence-corrected chi connectivity index (χ3v) is 5.76. The molecule has 0 unspecified atom stereocenters. The molecule has 1 heteroatoms. The van der Waals surface area contributed by atoms with Crippen LogP contribution in [0.3, 0.4) is 0 Å². The van der Waals surface area contributed by atoms with Crippen molar-refractivity contribution in [2.45, 2.75) is 0 Å². The molecule has 0 aliphatic rings. The number of benzene rings is 2. The van der Waals surface area contributed by atoms with Crippen molar-refractivity contribution in [3.05, 3.63) is 81.9 Å². The van der Waals surface area contributed by atoms with E-state index in [4.69, 9.17) is 0 Å². The van der Waals surface area contributed by atoms with Crippen molar-refractivity contribution in [3.8, 4) is 21.0 Å². The number of rotatable bonds is 1. The van der Waals surface area contributed by atoms with Gasteiger partial charge in [0, 0.05) is 0 Å². The van der Waals surface area contributed by atoms with Gasteiger partial charge >= 0.3 is 123 Å². The van der Waals surface area contributed by atoms with Crippen LogP contribution >= 0.6 is 0 Å². The molecule has 0 saturated heterocycles. The maximum atomic E-state index is 3.31. The quantitative estimate of drug-likeness (QED) is 0.460. The Balaban J connectivity index is 1.85. The molecule has 0 radical (unpaired) electrons. The van der Waals surface area contributed by atoms with Gasteiger partial charge in [-0.15, -0.1) is 0 Å². The van der Waals surface area contributed by atoms with E-state index in [0.29, 0.717) is 0 Å². The zero-order valence-electron chi connectivity index (χ0n) is 10.3. The predicted octanol–water partition coefficient (Wildman–Crippen LogP) is 3.81. The summed E-state index contributed by atoms with van der Waals surface area (Å²) in [5, 5.41) is 0. The second-order valence-electron chi connectivity index (χ2n) is 4.15.